The first-order chi connectivity index (χ1) is 31.6. The van der Waals surface area contributed by atoms with Gasteiger partial charge in [-0.2, -0.15) is 0 Å². The molecule has 0 aromatic rings. The number of ether oxygens (including phenoxy) is 3. The van der Waals surface area contributed by atoms with Crippen molar-refractivity contribution in [3.05, 3.63) is 60.8 Å². The normalized spacial score (nSPS) is 12.6. The van der Waals surface area contributed by atoms with E-state index >= 15 is 0 Å². The van der Waals surface area contributed by atoms with E-state index in [2.05, 4.69) is 81.5 Å². The van der Waals surface area contributed by atoms with Crippen LogP contribution in [0, 0.1) is 0 Å². The lowest BCUT2D eigenvalue weighted by Crippen LogP contribution is -2.30. The van der Waals surface area contributed by atoms with Gasteiger partial charge in [-0.05, 0) is 83.5 Å². The van der Waals surface area contributed by atoms with Crippen LogP contribution in [0.4, 0.5) is 0 Å². The molecule has 64 heavy (non-hydrogen) atoms. The van der Waals surface area contributed by atoms with Crippen LogP contribution in [0.3, 0.4) is 0 Å². The summed E-state index contributed by atoms with van der Waals surface area (Å²) >= 11 is 0. The zero-order valence-corrected chi connectivity index (χ0v) is 42.8. The van der Waals surface area contributed by atoms with E-state index in [1.54, 1.807) is 0 Å². The summed E-state index contributed by atoms with van der Waals surface area (Å²) < 4.78 is 17.4. The fourth-order valence-corrected chi connectivity index (χ4v) is 7.91. The number of rotatable bonds is 51. The van der Waals surface area contributed by atoms with E-state index in [0.717, 1.165) is 77.0 Å². The second-order valence-electron chi connectivity index (χ2n) is 18.5. The van der Waals surface area contributed by atoms with E-state index in [0.29, 0.717) is 19.4 Å². The van der Waals surface area contributed by atoms with E-state index in [9.17, 15) is 9.59 Å². The summed E-state index contributed by atoms with van der Waals surface area (Å²) in [6.07, 6.45) is 69.4. The molecule has 0 bridgehead atoms. The maximum atomic E-state index is 12.8. The highest BCUT2D eigenvalue weighted by molar-refractivity contribution is 5.70. The quantitative estimate of drug-likeness (QED) is 0.0346. The Kier molecular flexibility index (Phi) is 52.9. The van der Waals surface area contributed by atoms with Crippen molar-refractivity contribution >= 4 is 11.9 Å². The second-order valence-corrected chi connectivity index (χ2v) is 18.5. The number of hydrogen-bond donors (Lipinski definition) is 0. The highest BCUT2D eigenvalue weighted by atomic mass is 16.6. The van der Waals surface area contributed by atoms with Crippen LogP contribution in [0.1, 0.15) is 278 Å². The fraction of sp³-hybridized carbons (Fsp3) is 0.797. The van der Waals surface area contributed by atoms with Gasteiger partial charge < -0.3 is 14.2 Å². The molecule has 0 radical (unpaired) electrons. The average Bonchev–Trinajstić information content (AvgIpc) is 3.30. The van der Waals surface area contributed by atoms with Crippen LogP contribution in [0.5, 0.6) is 0 Å². The van der Waals surface area contributed by atoms with Gasteiger partial charge in [0, 0.05) is 19.4 Å². The van der Waals surface area contributed by atoms with Gasteiger partial charge in [-0.15, -0.1) is 0 Å². The molecule has 0 aliphatic rings. The first-order valence-corrected chi connectivity index (χ1v) is 27.8. The molecule has 0 aromatic heterocycles. The molecule has 0 fully saturated rings. The smallest absolute Gasteiger partial charge is 0.306 e. The molecule has 372 valence electrons. The maximum Gasteiger partial charge on any atom is 0.306 e. The van der Waals surface area contributed by atoms with Gasteiger partial charge >= 0.3 is 11.9 Å². The summed E-state index contributed by atoms with van der Waals surface area (Å²) in [5.41, 5.74) is 0. The summed E-state index contributed by atoms with van der Waals surface area (Å²) in [7, 11) is 0. The number of esters is 2. The monoisotopic (exact) mass is 895 g/mol. The predicted molar refractivity (Wildman–Crippen MR) is 279 cm³/mol. The Labute approximate surface area is 398 Å². The summed E-state index contributed by atoms with van der Waals surface area (Å²) in [6, 6.07) is 0. The minimum absolute atomic E-state index is 0.0773. The summed E-state index contributed by atoms with van der Waals surface area (Å²) in [4.78, 5) is 25.5. The number of carbonyl (C=O) groups excluding carboxylic acids is 2. The van der Waals surface area contributed by atoms with E-state index in [1.165, 1.54) is 167 Å². The largest absolute Gasteiger partial charge is 0.462 e. The highest BCUT2D eigenvalue weighted by Gasteiger charge is 2.17. The minimum atomic E-state index is -0.544. The Morgan fingerprint density at radius 2 is 0.703 bits per heavy atom. The third kappa shape index (κ3) is 52.2. The van der Waals surface area contributed by atoms with E-state index in [4.69, 9.17) is 14.2 Å². The zero-order chi connectivity index (χ0) is 46.3. The van der Waals surface area contributed by atoms with E-state index in [-0.39, 0.29) is 25.2 Å². The topological polar surface area (TPSA) is 61.8 Å². The summed E-state index contributed by atoms with van der Waals surface area (Å²) in [5, 5.41) is 0. The van der Waals surface area contributed by atoms with Crippen LogP contribution in [0.2, 0.25) is 0 Å². The minimum Gasteiger partial charge on any atom is -0.462 e. The molecule has 0 aliphatic heterocycles. The molecule has 1 unspecified atom stereocenters. The molecule has 0 aliphatic carbocycles. The van der Waals surface area contributed by atoms with Crippen molar-refractivity contribution in [2.75, 3.05) is 19.8 Å². The summed E-state index contributed by atoms with van der Waals surface area (Å²) in [6.45, 7) is 7.71. The molecule has 5 nitrogen and oxygen atoms in total. The van der Waals surface area contributed by atoms with Crippen LogP contribution >= 0.6 is 0 Å². The Bertz CT molecular complexity index is 1100. The molecule has 0 N–H and O–H groups in total. The maximum absolute atomic E-state index is 12.8. The molecule has 1 atom stereocenters. The molecular formula is C59H106O5. The van der Waals surface area contributed by atoms with Gasteiger partial charge in [0.2, 0.25) is 0 Å². The third-order valence-corrected chi connectivity index (χ3v) is 12.0. The zero-order valence-electron chi connectivity index (χ0n) is 42.8. The van der Waals surface area contributed by atoms with Crippen molar-refractivity contribution in [3.63, 3.8) is 0 Å². The Hall–Kier alpha value is -2.40. The van der Waals surface area contributed by atoms with Crippen LogP contribution in [0.15, 0.2) is 60.8 Å². The highest BCUT2D eigenvalue weighted by Crippen LogP contribution is 2.15. The Morgan fingerprint density at radius 3 is 1.16 bits per heavy atom. The molecule has 0 saturated heterocycles. The Morgan fingerprint density at radius 1 is 0.359 bits per heavy atom. The average molecular weight is 895 g/mol. The lowest BCUT2D eigenvalue weighted by Gasteiger charge is -2.18. The van der Waals surface area contributed by atoms with Crippen molar-refractivity contribution in [1.82, 2.24) is 0 Å². The predicted octanol–water partition coefficient (Wildman–Crippen LogP) is 18.9. The van der Waals surface area contributed by atoms with E-state index < -0.39 is 6.10 Å². The van der Waals surface area contributed by atoms with Crippen molar-refractivity contribution in [3.8, 4) is 0 Å². The van der Waals surface area contributed by atoms with E-state index in [1.807, 2.05) is 0 Å². The number of hydrogen-bond acceptors (Lipinski definition) is 5. The first-order valence-electron chi connectivity index (χ1n) is 27.8. The molecule has 0 saturated carbocycles. The number of allylic oxidation sites excluding steroid dienone is 10. The molecule has 0 aromatic carbocycles. The molecule has 0 spiro atoms. The van der Waals surface area contributed by atoms with Crippen LogP contribution in [-0.4, -0.2) is 37.9 Å². The number of carbonyl (C=O) groups is 2. The molecular weight excluding hydrogens is 789 g/mol. The van der Waals surface area contributed by atoms with Crippen LogP contribution in [0.25, 0.3) is 0 Å². The Balaban J connectivity index is 4.27. The summed E-state index contributed by atoms with van der Waals surface area (Å²) in [5.74, 6) is -0.405. The van der Waals surface area contributed by atoms with Gasteiger partial charge in [0.05, 0.1) is 6.61 Å². The first kappa shape index (κ1) is 61.6. The number of unbranched alkanes of at least 4 members (excludes halogenated alkanes) is 30. The standard InChI is InChI=1S/C59H106O5/c1-4-7-10-13-16-19-22-25-28-29-30-31-33-34-37-40-43-46-49-52-58(60)63-56-57(55-62-54-51-48-45-42-39-36-27-24-21-18-15-12-9-6-3)64-59(61)53-50-47-44-41-38-35-32-26-23-20-17-14-11-8-5-2/h7,10,16,19,21,24-25,28,30-31,57H,4-6,8-9,11-15,17-18,20,22-23,26-27,29,32-56H2,1-3H3/b10-7-,19-16-,24-21-,28-25-,31-30-. The van der Waals surface area contributed by atoms with Gasteiger partial charge in [-0.1, -0.05) is 242 Å². The van der Waals surface area contributed by atoms with Crippen LogP contribution < -0.4 is 0 Å². The van der Waals surface area contributed by atoms with Gasteiger partial charge in [-0.3, -0.25) is 9.59 Å². The van der Waals surface area contributed by atoms with Crippen molar-refractivity contribution in [1.29, 1.82) is 0 Å². The molecule has 0 heterocycles. The lowest BCUT2D eigenvalue weighted by molar-refractivity contribution is -0.163. The fourth-order valence-electron chi connectivity index (χ4n) is 7.91. The van der Waals surface area contributed by atoms with Gasteiger partial charge in [0.15, 0.2) is 6.10 Å². The van der Waals surface area contributed by atoms with Gasteiger partial charge in [-0.25, -0.2) is 0 Å². The van der Waals surface area contributed by atoms with Gasteiger partial charge in [0.1, 0.15) is 6.61 Å². The molecule has 5 heteroatoms. The van der Waals surface area contributed by atoms with Crippen LogP contribution in [-0.2, 0) is 23.8 Å². The van der Waals surface area contributed by atoms with Crippen molar-refractivity contribution < 1.29 is 23.8 Å². The third-order valence-electron chi connectivity index (χ3n) is 12.0. The van der Waals surface area contributed by atoms with Crippen molar-refractivity contribution in [2.45, 2.75) is 284 Å². The SMILES string of the molecule is CC/C=C\C/C=C\C/C=C\C/C=C\CCCCCCCCC(=O)OCC(COCCCCCCCC/C=C\CCCCCC)OC(=O)CCCCCCCCCCCCCCCCC. The molecule has 0 rings (SSSR count). The lowest BCUT2D eigenvalue weighted by atomic mass is 10.0. The molecule has 0 amide bonds. The second kappa shape index (κ2) is 54.9. The van der Waals surface area contributed by atoms with Gasteiger partial charge in [0.25, 0.3) is 0 Å². The van der Waals surface area contributed by atoms with Crippen molar-refractivity contribution in [2.24, 2.45) is 0 Å².